The standard InChI is InChI=1S/C26H28N2O2S/c1-19-8-6-7-11-23(19)26(30)28(22-12-13-22)18-25(29)27(16-21-9-4-3-5-10-21)17-24-20(2)14-15-31-24/h3-11,14-15,22H,12-13,16-18H2,1-2H3. The highest BCUT2D eigenvalue weighted by Crippen LogP contribution is 2.29. The van der Waals surface area contributed by atoms with Crippen LogP contribution in [0.4, 0.5) is 0 Å². The molecule has 0 radical (unpaired) electrons. The summed E-state index contributed by atoms with van der Waals surface area (Å²) in [6.07, 6.45) is 1.93. The molecule has 1 aromatic heterocycles. The van der Waals surface area contributed by atoms with Gasteiger partial charge >= 0.3 is 0 Å². The fourth-order valence-corrected chi connectivity index (χ4v) is 4.66. The van der Waals surface area contributed by atoms with Gasteiger partial charge in [-0.3, -0.25) is 9.59 Å². The molecule has 2 aromatic carbocycles. The number of benzene rings is 2. The smallest absolute Gasteiger partial charge is 0.254 e. The number of carbonyl (C=O) groups is 2. The van der Waals surface area contributed by atoms with Crippen LogP contribution >= 0.6 is 11.3 Å². The van der Waals surface area contributed by atoms with E-state index in [2.05, 4.69) is 18.4 Å². The SMILES string of the molecule is Cc1ccccc1C(=O)N(CC(=O)N(Cc1ccccc1)Cc1sccc1C)C1CC1. The summed E-state index contributed by atoms with van der Waals surface area (Å²) in [5.74, 6) is -0.0496. The van der Waals surface area contributed by atoms with Crippen molar-refractivity contribution in [2.75, 3.05) is 6.54 Å². The van der Waals surface area contributed by atoms with E-state index in [-0.39, 0.29) is 24.4 Å². The van der Waals surface area contributed by atoms with Gasteiger partial charge in [0.1, 0.15) is 6.54 Å². The molecular weight excluding hydrogens is 404 g/mol. The van der Waals surface area contributed by atoms with Gasteiger partial charge in [0.15, 0.2) is 0 Å². The second kappa shape index (κ2) is 9.48. The van der Waals surface area contributed by atoms with Gasteiger partial charge in [0, 0.05) is 23.0 Å². The molecule has 4 rings (SSSR count). The van der Waals surface area contributed by atoms with Gasteiger partial charge in [-0.2, -0.15) is 0 Å². The normalized spacial score (nSPS) is 13.1. The van der Waals surface area contributed by atoms with E-state index in [1.54, 1.807) is 16.2 Å². The Morgan fingerprint density at radius 2 is 1.61 bits per heavy atom. The van der Waals surface area contributed by atoms with Crippen LogP contribution in [0.2, 0.25) is 0 Å². The van der Waals surface area contributed by atoms with Crippen LogP contribution in [0.5, 0.6) is 0 Å². The topological polar surface area (TPSA) is 40.6 Å². The maximum Gasteiger partial charge on any atom is 0.254 e. The average molecular weight is 433 g/mol. The first-order valence-corrected chi connectivity index (χ1v) is 11.6. The van der Waals surface area contributed by atoms with E-state index in [1.807, 2.05) is 66.4 Å². The molecule has 1 fully saturated rings. The Kier molecular flexibility index (Phi) is 6.52. The molecule has 1 heterocycles. The number of thiophene rings is 1. The average Bonchev–Trinajstić information content (AvgIpc) is 3.54. The molecule has 160 valence electrons. The third kappa shape index (κ3) is 5.23. The molecule has 0 bridgehead atoms. The largest absolute Gasteiger partial charge is 0.332 e. The number of hydrogen-bond donors (Lipinski definition) is 0. The number of nitrogens with zero attached hydrogens (tertiary/aromatic N) is 2. The summed E-state index contributed by atoms with van der Waals surface area (Å²) in [4.78, 5) is 31.6. The maximum atomic E-state index is 13.5. The predicted octanol–water partition coefficient (Wildman–Crippen LogP) is 5.20. The van der Waals surface area contributed by atoms with Crippen LogP contribution in [0.3, 0.4) is 0 Å². The number of aryl methyl sites for hydroxylation is 2. The molecule has 0 aliphatic heterocycles. The quantitative estimate of drug-likeness (QED) is 0.491. The summed E-state index contributed by atoms with van der Waals surface area (Å²) < 4.78 is 0. The van der Waals surface area contributed by atoms with Crippen molar-refractivity contribution in [2.45, 2.75) is 45.8 Å². The lowest BCUT2D eigenvalue weighted by molar-refractivity contribution is -0.133. The molecule has 1 saturated carbocycles. The highest BCUT2D eigenvalue weighted by atomic mass is 32.1. The minimum atomic E-state index is -0.0408. The summed E-state index contributed by atoms with van der Waals surface area (Å²) >= 11 is 1.67. The van der Waals surface area contributed by atoms with Crippen LogP contribution in [0.15, 0.2) is 66.0 Å². The monoisotopic (exact) mass is 432 g/mol. The Bertz CT molecular complexity index is 1060. The van der Waals surface area contributed by atoms with Crippen LogP contribution in [0.25, 0.3) is 0 Å². The zero-order valence-electron chi connectivity index (χ0n) is 18.1. The van der Waals surface area contributed by atoms with Gasteiger partial charge < -0.3 is 9.80 Å². The van der Waals surface area contributed by atoms with E-state index in [0.29, 0.717) is 18.7 Å². The predicted molar refractivity (Wildman–Crippen MR) is 125 cm³/mol. The van der Waals surface area contributed by atoms with Crippen molar-refractivity contribution in [2.24, 2.45) is 0 Å². The number of hydrogen-bond acceptors (Lipinski definition) is 3. The first-order valence-electron chi connectivity index (χ1n) is 10.7. The summed E-state index contributed by atoms with van der Waals surface area (Å²) in [6, 6.07) is 19.9. The van der Waals surface area contributed by atoms with Gasteiger partial charge in [0.05, 0.1) is 6.54 Å². The molecular formula is C26H28N2O2S. The molecule has 3 aromatic rings. The molecule has 1 aliphatic carbocycles. The number of rotatable bonds is 8. The fraction of sp³-hybridized carbons (Fsp3) is 0.308. The molecule has 1 aliphatic rings. The Morgan fingerprint density at radius 3 is 2.26 bits per heavy atom. The lowest BCUT2D eigenvalue weighted by Gasteiger charge is -2.28. The molecule has 0 spiro atoms. The molecule has 2 amide bonds. The molecule has 0 saturated heterocycles. The highest BCUT2D eigenvalue weighted by Gasteiger charge is 2.35. The Morgan fingerprint density at radius 1 is 0.903 bits per heavy atom. The zero-order chi connectivity index (χ0) is 21.8. The van der Waals surface area contributed by atoms with E-state index < -0.39 is 0 Å². The Labute approximate surface area is 188 Å². The lowest BCUT2D eigenvalue weighted by atomic mass is 10.1. The van der Waals surface area contributed by atoms with E-state index in [9.17, 15) is 9.59 Å². The minimum absolute atomic E-state index is 0.00881. The summed E-state index contributed by atoms with van der Waals surface area (Å²) in [7, 11) is 0. The zero-order valence-corrected chi connectivity index (χ0v) is 18.9. The first kappa shape index (κ1) is 21.3. The van der Waals surface area contributed by atoms with Crippen molar-refractivity contribution in [3.8, 4) is 0 Å². The van der Waals surface area contributed by atoms with Crippen molar-refractivity contribution in [3.63, 3.8) is 0 Å². The van der Waals surface area contributed by atoms with Crippen LogP contribution in [0, 0.1) is 13.8 Å². The highest BCUT2D eigenvalue weighted by molar-refractivity contribution is 7.10. The van der Waals surface area contributed by atoms with Crippen molar-refractivity contribution in [1.82, 2.24) is 9.80 Å². The molecule has 0 N–H and O–H groups in total. The van der Waals surface area contributed by atoms with E-state index in [0.717, 1.165) is 24.0 Å². The van der Waals surface area contributed by atoms with Gasteiger partial charge in [-0.1, -0.05) is 48.5 Å². The fourth-order valence-electron chi connectivity index (χ4n) is 3.74. The van der Waals surface area contributed by atoms with Crippen LogP contribution in [-0.4, -0.2) is 34.2 Å². The van der Waals surface area contributed by atoms with Crippen molar-refractivity contribution in [3.05, 3.63) is 93.2 Å². The first-order chi connectivity index (χ1) is 15.0. The van der Waals surface area contributed by atoms with E-state index >= 15 is 0 Å². The Balaban J connectivity index is 1.55. The van der Waals surface area contributed by atoms with Crippen molar-refractivity contribution >= 4 is 23.2 Å². The van der Waals surface area contributed by atoms with Crippen molar-refractivity contribution in [1.29, 1.82) is 0 Å². The third-order valence-electron chi connectivity index (χ3n) is 5.80. The van der Waals surface area contributed by atoms with E-state index in [4.69, 9.17) is 0 Å². The molecule has 31 heavy (non-hydrogen) atoms. The maximum absolute atomic E-state index is 13.5. The van der Waals surface area contributed by atoms with Gasteiger partial charge in [0.2, 0.25) is 5.91 Å². The summed E-state index contributed by atoms with van der Waals surface area (Å²) in [5, 5.41) is 2.06. The summed E-state index contributed by atoms with van der Waals surface area (Å²) in [5.41, 5.74) is 3.92. The number of carbonyl (C=O) groups excluding carboxylic acids is 2. The van der Waals surface area contributed by atoms with Crippen LogP contribution in [-0.2, 0) is 17.9 Å². The van der Waals surface area contributed by atoms with E-state index in [1.165, 1.54) is 10.4 Å². The Hall–Kier alpha value is -2.92. The number of amides is 2. The molecule has 4 nitrogen and oxygen atoms in total. The molecule has 5 heteroatoms. The van der Waals surface area contributed by atoms with Gasteiger partial charge in [-0.25, -0.2) is 0 Å². The minimum Gasteiger partial charge on any atom is -0.332 e. The summed E-state index contributed by atoms with van der Waals surface area (Å²) in [6.45, 7) is 5.24. The van der Waals surface area contributed by atoms with Crippen molar-refractivity contribution < 1.29 is 9.59 Å². The molecule has 0 atom stereocenters. The lowest BCUT2D eigenvalue weighted by Crippen LogP contribution is -2.43. The van der Waals surface area contributed by atoms with Crippen LogP contribution in [0.1, 0.15) is 44.8 Å². The molecule has 0 unspecified atom stereocenters. The van der Waals surface area contributed by atoms with Gasteiger partial charge in [-0.15, -0.1) is 11.3 Å². The second-order valence-electron chi connectivity index (χ2n) is 8.24. The van der Waals surface area contributed by atoms with Gasteiger partial charge in [-0.05, 0) is 60.9 Å². The third-order valence-corrected chi connectivity index (χ3v) is 6.81. The van der Waals surface area contributed by atoms with Crippen LogP contribution < -0.4 is 0 Å². The second-order valence-corrected chi connectivity index (χ2v) is 9.24. The van der Waals surface area contributed by atoms with Gasteiger partial charge in [0.25, 0.3) is 5.91 Å².